The maximum atomic E-state index is 13.8. The van der Waals surface area contributed by atoms with Crippen LogP contribution < -0.4 is 4.74 Å². The predicted octanol–water partition coefficient (Wildman–Crippen LogP) is 6.78. The molecule has 0 atom stereocenters. The van der Waals surface area contributed by atoms with Crippen LogP contribution in [0.2, 0.25) is 0 Å². The van der Waals surface area contributed by atoms with Gasteiger partial charge < -0.3 is 9.47 Å². The molecular formula is C24H18F4O3. The Morgan fingerprint density at radius 2 is 1.65 bits per heavy atom. The lowest BCUT2D eigenvalue weighted by atomic mass is 10.1. The number of carbonyl (C=O) groups excluding carboxylic acids is 1. The number of alkyl halides is 3. The van der Waals surface area contributed by atoms with E-state index in [0.717, 1.165) is 17.7 Å². The third-order valence-electron chi connectivity index (χ3n) is 4.19. The summed E-state index contributed by atoms with van der Waals surface area (Å²) in [5, 5.41) is 0. The summed E-state index contributed by atoms with van der Waals surface area (Å²) >= 11 is 0. The van der Waals surface area contributed by atoms with Gasteiger partial charge in [0.25, 0.3) is 0 Å². The third kappa shape index (κ3) is 6.70. The van der Waals surface area contributed by atoms with Crippen LogP contribution in [0, 0.1) is 5.82 Å². The zero-order valence-electron chi connectivity index (χ0n) is 16.2. The van der Waals surface area contributed by atoms with Crippen molar-refractivity contribution < 1.29 is 31.8 Å². The van der Waals surface area contributed by atoms with Gasteiger partial charge in [-0.15, -0.1) is 0 Å². The lowest BCUT2D eigenvalue weighted by Gasteiger charge is -2.08. The molecular weight excluding hydrogens is 412 g/mol. The van der Waals surface area contributed by atoms with Crippen LogP contribution in [0.1, 0.15) is 23.1 Å². The van der Waals surface area contributed by atoms with Gasteiger partial charge >= 0.3 is 12.1 Å². The van der Waals surface area contributed by atoms with Gasteiger partial charge in [0.05, 0.1) is 12.0 Å². The molecule has 3 aromatic rings. The zero-order chi connectivity index (χ0) is 22.3. The Balaban J connectivity index is 1.51. The van der Waals surface area contributed by atoms with Crippen molar-refractivity contribution in [3.05, 3.63) is 101 Å². The normalized spacial score (nSPS) is 11.5. The van der Waals surface area contributed by atoms with E-state index >= 15 is 0 Å². The Labute approximate surface area is 176 Å². The van der Waals surface area contributed by atoms with Crippen LogP contribution in [0.3, 0.4) is 0 Å². The van der Waals surface area contributed by atoms with Crippen LogP contribution in [0.25, 0.3) is 6.08 Å². The summed E-state index contributed by atoms with van der Waals surface area (Å²) in [6.45, 7) is 0.0211. The Bertz CT molecular complexity index is 1060. The van der Waals surface area contributed by atoms with E-state index in [4.69, 9.17) is 9.47 Å². The fourth-order valence-electron chi connectivity index (χ4n) is 2.67. The SMILES string of the molecule is O=C(CC=Cc1ccc(C(F)(F)F)cc1F)OCc1cccc(Oc2ccccc2)c1. The molecule has 0 aliphatic heterocycles. The minimum atomic E-state index is -4.61. The average Bonchev–Trinajstić information content (AvgIpc) is 2.74. The number of esters is 1. The summed E-state index contributed by atoms with van der Waals surface area (Å²) < 4.78 is 62.4. The molecule has 160 valence electrons. The number of carbonyl (C=O) groups is 1. The summed E-state index contributed by atoms with van der Waals surface area (Å²) in [4.78, 5) is 11.9. The lowest BCUT2D eigenvalue weighted by Crippen LogP contribution is -2.05. The minimum absolute atomic E-state index is 0.0211. The highest BCUT2D eigenvalue weighted by atomic mass is 19.4. The van der Waals surface area contributed by atoms with Gasteiger partial charge in [-0.1, -0.05) is 48.6 Å². The molecule has 0 amide bonds. The highest BCUT2D eigenvalue weighted by Crippen LogP contribution is 2.30. The Kier molecular flexibility index (Phi) is 7.07. The fraction of sp³-hybridized carbons (Fsp3) is 0.125. The molecule has 7 heteroatoms. The molecule has 3 aromatic carbocycles. The fourth-order valence-corrected chi connectivity index (χ4v) is 2.67. The van der Waals surface area contributed by atoms with Crippen molar-refractivity contribution in [2.75, 3.05) is 0 Å². The molecule has 0 radical (unpaired) electrons. The van der Waals surface area contributed by atoms with E-state index in [1.165, 1.54) is 12.2 Å². The van der Waals surface area contributed by atoms with Crippen LogP contribution in [0.5, 0.6) is 11.5 Å². The van der Waals surface area contributed by atoms with Gasteiger partial charge in [-0.25, -0.2) is 4.39 Å². The van der Waals surface area contributed by atoms with Gasteiger partial charge in [0, 0.05) is 5.56 Å². The monoisotopic (exact) mass is 430 g/mol. The standard InChI is InChI=1S/C24H18F4O3/c25-22-15-19(24(26,27)28)13-12-18(22)7-5-11-23(29)30-16-17-6-4-10-21(14-17)31-20-8-2-1-3-9-20/h1-10,12-15H,11,16H2. The van der Waals surface area contributed by atoms with Crippen LogP contribution >= 0.6 is 0 Å². The van der Waals surface area contributed by atoms with Crippen LogP contribution in [0.4, 0.5) is 17.6 Å². The second-order valence-corrected chi connectivity index (χ2v) is 6.56. The van der Waals surface area contributed by atoms with Crippen molar-refractivity contribution in [1.29, 1.82) is 0 Å². The van der Waals surface area contributed by atoms with Crippen LogP contribution in [-0.4, -0.2) is 5.97 Å². The van der Waals surface area contributed by atoms with Gasteiger partial charge in [0.15, 0.2) is 0 Å². The highest BCUT2D eigenvalue weighted by Gasteiger charge is 2.30. The van der Waals surface area contributed by atoms with Crippen LogP contribution in [0.15, 0.2) is 78.9 Å². The smallest absolute Gasteiger partial charge is 0.416 e. The van der Waals surface area contributed by atoms with E-state index in [9.17, 15) is 22.4 Å². The van der Waals surface area contributed by atoms with Gasteiger partial charge in [-0.2, -0.15) is 13.2 Å². The van der Waals surface area contributed by atoms with E-state index < -0.39 is 23.5 Å². The van der Waals surface area contributed by atoms with Gasteiger partial charge in [0.2, 0.25) is 0 Å². The molecule has 0 unspecified atom stereocenters. The molecule has 0 spiro atoms. The number of halogens is 4. The Morgan fingerprint density at radius 1 is 0.903 bits per heavy atom. The van der Waals surface area contributed by atoms with Crippen LogP contribution in [-0.2, 0) is 22.3 Å². The summed E-state index contributed by atoms with van der Waals surface area (Å²) in [6.07, 6.45) is -2.19. The molecule has 3 nitrogen and oxygen atoms in total. The second-order valence-electron chi connectivity index (χ2n) is 6.56. The molecule has 0 fully saturated rings. The third-order valence-corrected chi connectivity index (χ3v) is 4.19. The number of para-hydroxylation sites is 1. The van der Waals surface area contributed by atoms with Crippen molar-refractivity contribution in [2.45, 2.75) is 19.2 Å². The minimum Gasteiger partial charge on any atom is -0.461 e. The van der Waals surface area contributed by atoms with E-state index in [2.05, 4.69) is 0 Å². The summed E-state index contributed by atoms with van der Waals surface area (Å²) in [6, 6.07) is 18.5. The van der Waals surface area contributed by atoms with E-state index in [0.29, 0.717) is 17.6 Å². The highest BCUT2D eigenvalue weighted by molar-refractivity contribution is 5.72. The van der Waals surface area contributed by atoms with Crippen molar-refractivity contribution in [3.8, 4) is 11.5 Å². The topological polar surface area (TPSA) is 35.5 Å². The lowest BCUT2D eigenvalue weighted by molar-refractivity contribution is -0.144. The first kappa shape index (κ1) is 22.1. The van der Waals surface area contributed by atoms with Crippen molar-refractivity contribution in [3.63, 3.8) is 0 Å². The van der Waals surface area contributed by atoms with Gasteiger partial charge in [0.1, 0.15) is 23.9 Å². The molecule has 0 aromatic heterocycles. The van der Waals surface area contributed by atoms with Gasteiger partial charge in [-0.05, 0) is 42.0 Å². The molecule has 0 aliphatic carbocycles. The first-order valence-corrected chi connectivity index (χ1v) is 9.32. The van der Waals surface area contributed by atoms with Gasteiger partial charge in [-0.3, -0.25) is 4.79 Å². The van der Waals surface area contributed by atoms with E-state index in [-0.39, 0.29) is 18.6 Å². The Morgan fingerprint density at radius 3 is 2.35 bits per heavy atom. The number of hydrogen-bond acceptors (Lipinski definition) is 3. The maximum Gasteiger partial charge on any atom is 0.416 e. The average molecular weight is 430 g/mol. The predicted molar refractivity (Wildman–Crippen MR) is 108 cm³/mol. The first-order valence-electron chi connectivity index (χ1n) is 9.32. The molecule has 0 N–H and O–H groups in total. The van der Waals surface area contributed by atoms with E-state index in [1.54, 1.807) is 24.3 Å². The molecule has 0 saturated heterocycles. The number of ether oxygens (including phenoxy) is 2. The molecule has 0 aliphatic rings. The quantitative estimate of drug-likeness (QED) is 0.306. The van der Waals surface area contributed by atoms with Crippen molar-refractivity contribution in [2.24, 2.45) is 0 Å². The second kappa shape index (κ2) is 9.93. The number of rotatable bonds is 7. The summed E-state index contributed by atoms with van der Waals surface area (Å²) in [5.41, 5.74) is -0.397. The zero-order valence-corrected chi connectivity index (χ0v) is 16.2. The molecule has 0 saturated carbocycles. The summed E-state index contributed by atoms with van der Waals surface area (Å²) in [7, 11) is 0. The largest absolute Gasteiger partial charge is 0.461 e. The Hall–Kier alpha value is -3.61. The van der Waals surface area contributed by atoms with Crippen molar-refractivity contribution in [1.82, 2.24) is 0 Å². The van der Waals surface area contributed by atoms with Crippen molar-refractivity contribution >= 4 is 12.0 Å². The molecule has 0 bridgehead atoms. The first-order chi connectivity index (χ1) is 14.8. The number of benzene rings is 3. The molecule has 3 rings (SSSR count). The number of hydrogen-bond donors (Lipinski definition) is 0. The van der Waals surface area contributed by atoms with E-state index in [1.807, 2.05) is 30.3 Å². The molecule has 31 heavy (non-hydrogen) atoms. The maximum absolute atomic E-state index is 13.8. The molecule has 0 heterocycles. The summed E-state index contributed by atoms with van der Waals surface area (Å²) in [5.74, 6) is -0.303.